The first-order chi connectivity index (χ1) is 5.15. The van der Waals surface area contributed by atoms with Gasteiger partial charge < -0.3 is 0 Å². The molecule has 0 aromatic heterocycles. The monoisotopic (exact) mass is 172 g/mol. The van der Waals surface area contributed by atoms with Crippen molar-refractivity contribution in [2.24, 2.45) is 0 Å². The summed E-state index contributed by atoms with van der Waals surface area (Å²) < 4.78 is 25.0. The summed E-state index contributed by atoms with van der Waals surface area (Å²) in [6, 6.07) is 1.74. The Balaban J connectivity index is 3.35. The molecule has 1 aromatic carbocycles. The molecule has 0 radical (unpaired) electrons. The highest BCUT2D eigenvalue weighted by Gasteiger charge is 2.05. The number of hydrogen-bond donors (Lipinski definition) is 0. The molecule has 1 rings (SSSR count). The van der Waals surface area contributed by atoms with E-state index in [2.05, 4.69) is 0 Å². The predicted molar refractivity (Wildman–Crippen MR) is 39.3 cm³/mol. The standard InChI is InChI=1S/C8H3ClF2/c1-2-5-3-6(9)8(11)4-7(5)10/h1,3-4H. The molecule has 1 aromatic rings. The Morgan fingerprint density at radius 3 is 2.45 bits per heavy atom. The molecule has 0 aliphatic heterocycles. The van der Waals surface area contributed by atoms with Crippen molar-refractivity contribution in [1.29, 1.82) is 0 Å². The smallest absolute Gasteiger partial charge is 0.144 e. The van der Waals surface area contributed by atoms with E-state index in [0.717, 1.165) is 6.07 Å². The van der Waals surface area contributed by atoms with Crippen molar-refractivity contribution in [3.8, 4) is 12.3 Å². The van der Waals surface area contributed by atoms with Crippen molar-refractivity contribution in [2.75, 3.05) is 0 Å². The molecular weight excluding hydrogens is 170 g/mol. The molecule has 0 amide bonds. The van der Waals surface area contributed by atoms with E-state index in [4.69, 9.17) is 18.0 Å². The first kappa shape index (κ1) is 8.03. The van der Waals surface area contributed by atoms with Crippen molar-refractivity contribution < 1.29 is 8.78 Å². The van der Waals surface area contributed by atoms with E-state index < -0.39 is 11.6 Å². The number of halogens is 3. The highest BCUT2D eigenvalue weighted by atomic mass is 35.5. The van der Waals surface area contributed by atoms with E-state index in [1.165, 1.54) is 0 Å². The van der Waals surface area contributed by atoms with Crippen LogP contribution in [0.2, 0.25) is 5.02 Å². The molecule has 0 aliphatic rings. The minimum atomic E-state index is -0.803. The molecule has 11 heavy (non-hydrogen) atoms. The summed E-state index contributed by atoms with van der Waals surface area (Å²) in [6.07, 6.45) is 4.90. The lowest BCUT2D eigenvalue weighted by molar-refractivity contribution is 0.581. The second-order valence-corrected chi connectivity index (χ2v) is 2.30. The molecule has 0 atom stereocenters. The average molecular weight is 173 g/mol. The Labute approximate surface area is 67.8 Å². The molecule has 56 valence electrons. The Bertz CT molecular complexity index is 326. The van der Waals surface area contributed by atoms with Crippen molar-refractivity contribution in [3.05, 3.63) is 34.4 Å². The van der Waals surface area contributed by atoms with Gasteiger partial charge in [-0.2, -0.15) is 0 Å². The lowest BCUT2D eigenvalue weighted by Gasteiger charge is -1.96. The van der Waals surface area contributed by atoms with E-state index in [9.17, 15) is 8.78 Å². The largest absolute Gasteiger partial charge is 0.206 e. The molecule has 0 nitrogen and oxygen atoms in total. The van der Waals surface area contributed by atoms with E-state index in [1.807, 2.05) is 5.92 Å². The number of rotatable bonds is 0. The van der Waals surface area contributed by atoms with Crippen molar-refractivity contribution in [1.82, 2.24) is 0 Å². The number of benzene rings is 1. The number of hydrogen-bond acceptors (Lipinski definition) is 0. The van der Waals surface area contributed by atoms with E-state index >= 15 is 0 Å². The quantitative estimate of drug-likeness (QED) is 0.417. The van der Waals surface area contributed by atoms with Crippen LogP contribution in [-0.2, 0) is 0 Å². The maximum atomic E-state index is 12.6. The minimum Gasteiger partial charge on any atom is -0.206 e. The normalized spacial score (nSPS) is 9.27. The van der Waals surface area contributed by atoms with Gasteiger partial charge in [-0.15, -0.1) is 6.42 Å². The van der Waals surface area contributed by atoms with E-state index in [-0.39, 0.29) is 10.6 Å². The SMILES string of the molecule is C#Cc1cc(Cl)c(F)cc1F. The molecule has 0 saturated heterocycles. The topological polar surface area (TPSA) is 0 Å². The Morgan fingerprint density at radius 1 is 1.27 bits per heavy atom. The lowest BCUT2D eigenvalue weighted by Crippen LogP contribution is -1.86. The first-order valence-electron chi connectivity index (χ1n) is 2.76. The molecule has 3 heteroatoms. The zero-order valence-electron chi connectivity index (χ0n) is 5.37. The third-order valence-corrected chi connectivity index (χ3v) is 1.46. The highest BCUT2D eigenvalue weighted by molar-refractivity contribution is 6.30. The van der Waals surface area contributed by atoms with Gasteiger partial charge in [0.15, 0.2) is 0 Å². The fourth-order valence-electron chi connectivity index (χ4n) is 0.633. The first-order valence-corrected chi connectivity index (χ1v) is 3.14. The molecule has 0 N–H and O–H groups in total. The predicted octanol–water partition coefficient (Wildman–Crippen LogP) is 2.60. The van der Waals surface area contributed by atoms with Crippen molar-refractivity contribution in [3.63, 3.8) is 0 Å². The van der Waals surface area contributed by atoms with Crippen LogP contribution in [0.3, 0.4) is 0 Å². The van der Waals surface area contributed by atoms with Crippen LogP contribution in [0.25, 0.3) is 0 Å². The summed E-state index contributed by atoms with van der Waals surface area (Å²) in [5.41, 5.74) is -0.0311. The van der Waals surface area contributed by atoms with Crippen LogP contribution >= 0.6 is 11.6 Å². The van der Waals surface area contributed by atoms with Crippen molar-refractivity contribution >= 4 is 11.6 Å². The van der Waals surface area contributed by atoms with Crippen LogP contribution in [0.4, 0.5) is 8.78 Å². The summed E-state index contributed by atoms with van der Waals surface area (Å²) in [4.78, 5) is 0. The van der Waals surface area contributed by atoms with Gasteiger partial charge in [-0.05, 0) is 6.07 Å². The van der Waals surface area contributed by atoms with Crippen LogP contribution < -0.4 is 0 Å². The summed E-state index contributed by atoms with van der Waals surface area (Å²) in [6.45, 7) is 0. The molecule has 0 aliphatic carbocycles. The van der Waals surface area contributed by atoms with Crippen LogP contribution in [0.1, 0.15) is 5.56 Å². The van der Waals surface area contributed by atoms with Crippen LogP contribution in [-0.4, -0.2) is 0 Å². The maximum absolute atomic E-state index is 12.6. The zero-order chi connectivity index (χ0) is 8.43. The van der Waals surface area contributed by atoms with Gasteiger partial charge in [-0.1, -0.05) is 17.5 Å². The van der Waals surface area contributed by atoms with Gasteiger partial charge in [0.1, 0.15) is 11.6 Å². The van der Waals surface area contributed by atoms with E-state index in [0.29, 0.717) is 6.07 Å². The van der Waals surface area contributed by atoms with Gasteiger partial charge in [0.25, 0.3) is 0 Å². The molecule has 0 saturated carbocycles. The van der Waals surface area contributed by atoms with Gasteiger partial charge in [-0.3, -0.25) is 0 Å². The lowest BCUT2D eigenvalue weighted by atomic mass is 10.2. The maximum Gasteiger partial charge on any atom is 0.144 e. The van der Waals surface area contributed by atoms with Gasteiger partial charge >= 0.3 is 0 Å². The highest BCUT2D eigenvalue weighted by Crippen LogP contribution is 2.18. The third-order valence-electron chi connectivity index (χ3n) is 1.17. The van der Waals surface area contributed by atoms with Gasteiger partial charge in [0.05, 0.1) is 10.6 Å². The van der Waals surface area contributed by atoms with Gasteiger partial charge in [0, 0.05) is 6.07 Å². The van der Waals surface area contributed by atoms with E-state index in [1.54, 1.807) is 0 Å². The Kier molecular flexibility index (Phi) is 2.11. The molecule has 0 fully saturated rings. The summed E-state index contributed by atoms with van der Waals surface area (Å²) in [5.74, 6) is 0.465. The van der Waals surface area contributed by atoms with Gasteiger partial charge in [-0.25, -0.2) is 8.78 Å². The van der Waals surface area contributed by atoms with Crippen LogP contribution in [0, 0.1) is 24.0 Å². The molecular formula is C8H3ClF2. The number of terminal acetylenes is 1. The molecule has 0 spiro atoms. The third kappa shape index (κ3) is 1.50. The fraction of sp³-hybridized carbons (Fsp3) is 0. The summed E-state index contributed by atoms with van der Waals surface area (Å²) >= 11 is 5.33. The van der Waals surface area contributed by atoms with Crippen LogP contribution in [0.15, 0.2) is 12.1 Å². The van der Waals surface area contributed by atoms with Gasteiger partial charge in [0.2, 0.25) is 0 Å². The second-order valence-electron chi connectivity index (χ2n) is 1.89. The fourth-order valence-corrected chi connectivity index (χ4v) is 0.797. The average Bonchev–Trinajstić information content (AvgIpc) is 1.97. The Hall–Kier alpha value is -1.07. The molecule has 0 unspecified atom stereocenters. The Morgan fingerprint density at radius 2 is 1.91 bits per heavy atom. The minimum absolute atomic E-state index is 0.0311. The summed E-state index contributed by atoms with van der Waals surface area (Å²) in [7, 11) is 0. The zero-order valence-corrected chi connectivity index (χ0v) is 6.12. The second kappa shape index (κ2) is 2.89. The molecule has 0 heterocycles. The summed E-state index contributed by atoms with van der Waals surface area (Å²) in [5, 5.41) is -0.167. The molecule has 0 bridgehead atoms. The van der Waals surface area contributed by atoms with Crippen LogP contribution in [0.5, 0.6) is 0 Å². The van der Waals surface area contributed by atoms with Crippen molar-refractivity contribution in [2.45, 2.75) is 0 Å².